The highest BCUT2D eigenvalue weighted by Crippen LogP contribution is 2.34. The number of ether oxygens (including phenoxy) is 2. The number of benzene rings is 1. The second-order valence-corrected chi connectivity index (χ2v) is 15.7. The number of nitrogens with zero attached hydrogens (tertiary/aromatic N) is 2. The molecule has 0 spiro atoms. The van der Waals surface area contributed by atoms with Crippen LogP contribution in [0, 0.1) is 17.8 Å². The largest absolute Gasteiger partial charge is 0.386 e. The third-order valence-corrected chi connectivity index (χ3v) is 11.0. The maximum atomic E-state index is 14.2. The molecule has 288 valence electrons. The first kappa shape index (κ1) is 42.4. The van der Waals surface area contributed by atoms with Crippen molar-refractivity contribution in [1.29, 1.82) is 0 Å². The average molecular weight is 716 g/mol. The van der Waals surface area contributed by atoms with Crippen LogP contribution in [-0.4, -0.2) is 108 Å². The number of likely N-dealkylation sites (tertiary alicyclic amines) is 1. The predicted octanol–water partition coefficient (Wildman–Crippen LogP) is 3.56. The Morgan fingerprint density at radius 3 is 2.14 bits per heavy atom. The number of carbonyl (C=O) groups is 4. The van der Waals surface area contributed by atoms with E-state index in [2.05, 4.69) is 10.6 Å². The average Bonchev–Trinajstić information content (AvgIpc) is 3.59. The van der Waals surface area contributed by atoms with Gasteiger partial charge in [-0.1, -0.05) is 70.4 Å². The molecule has 12 nitrogen and oxygen atoms in total. The molecule has 1 aliphatic carbocycles. The van der Waals surface area contributed by atoms with Crippen LogP contribution in [0.2, 0.25) is 0 Å². The van der Waals surface area contributed by atoms with E-state index in [4.69, 9.17) is 15.2 Å². The Kier molecular flexibility index (Phi) is 15.9. The lowest BCUT2D eigenvalue weighted by Crippen LogP contribution is -2.61. The summed E-state index contributed by atoms with van der Waals surface area (Å²) in [4.78, 5) is 58.2. The number of rotatable bonds is 17. The molecule has 1 aromatic carbocycles. The minimum Gasteiger partial charge on any atom is -0.386 e. The van der Waals surface area contributed by atoms with Crippen molar-refractivity contribution in [2.24, 2.45) is 23.5 Å². The number of likely N-dealkylation sites (N-methyl/N-ethyl adjacent to an activating group) is 1. The van der Waals surface area contributed by atoms with E-state index in [0.29, 0.717) is 18.5 Å². The number of carbonyl (C=O) groups excluding carboxylic acids is 4. The number of aliphatic hydroxyl groups excluding tert-OH is 1. The fraction of sp³-hybridized carbons (Fsp3) is 0.744. The molecule has 4 amide bonds. The summed E-state index contributed by atoms with van der Waals surface area (Å²) in [6.07, 6.45) is 4.47. The zero-order chi connectivity index (χ0) is 38.0. The van der Waals surface area contributed by atoms with Crippen LogP contribution >= 0.6 is 0 Å². The van der Waals surface area contributed by atoms with E-state index in [1.165, 1.54) is 0 Å². The van der Waals surface area contributed by atoms with Gasteiger partial charge in [-0.05, 0) is 63.9 Å². The molecule has 51 heavy (non-hydrogen) atoms. The highest BCUT2D eigenvalue weighted by atomic mass is 16.5. The maximum Gasteiger partial charge on any atom is 0.245 e. The molecule has 0 aromatic heterocycles. The molecule has 12 heteroatoms. The second-order valence-electron chi connectivity index (χ2n) is 15.7. The number of methoxy groups -OCH3 is 2. The standard InChI is InChI=1S/C39H65N5O7/c1-24(2)32(42-38(49)39(5,6)40)37(48)43(7)33(27-17-12-10-13-18-27)30(50-8)23-31(45)44-22-16-21-29(44)35(51-9)25(3)36(47)41-26(4)34(46)28-19-14-11-15-20-28/h11,14-15,19-20,24-27,29-30,32-35,46H,10,12-13,16-18,21-23,40H2,1-9H3,(H,41,47)(H,42,49). The minimum atomic E-state index is -1.15. The highest BCUT2D eigenvalue weighted by molar-refractivity contribution is 5.91. The molecule has 1 aliphatic heterocycles. The molecule has 8 unspecified atom stereocenters. The number of aliphatic hydroxyl groups is 1. The predicted molar refractivity (Wildman–Crippen MR) is 197 cm³/mol. The Bertz CT molecular complexity index is 1280. The lowest BCUT2D eigenvalue weighted by atomic mass is 9.80. The zero-order valence-electron chi connectivity index (χ0n) is 32.4. The number of hydrogen-bond acceptors (Lipinski definition) is 8. The van der Waals surface area contributed by atoms with Crippen molar-refractivity contribution in [2.45, 2.75) is 141 Å². The van der Waals surface area contributed by atoms with Crippen LogP contribution in [0.15, 0.2) is 30.3 Å². The lowest BCUT2D eigenvalue weighted by molar-refractivity contribution is -0.148. The Labute approximate surface area is 305 Å². The molecule has 5 N–H and O–H groups in total. The van der Waals surface area contributed by atoms with Gasteiger partial charge < -0.3 is 40.7 Å². The van der Waals surface area contributed by atoms with E-state index in [1.807, 2.05) is 49.1 Å². The number of nitrogens with two attached hydrogens (primary N) is 1. The first-order valence-electron chi connectivity index (χ1n) is 18.8. The summed E-state index contributed by atoms with van der Waals surface area (Å²) in [7, 11) is 4.90. The monoisotopic (exact) mass is 715 g/mol. The van der Waals surface area contributed by atoms with E-state index < -0.39 is 53.8 Å². The van der Waals surface area contributed by atoms with Gasteiger partial charge in [-0.3, -0.25) is 19.2 Å². The molecule has 2 aliphatic rings. The minimum absolute atomic E-state index is 0.0532. The van der Waals surface area contributed by atoms with Gasteiger partial charge in [-0.15, -0.1) is 0 Å². The van der Waals surface area contributed by atoms with Gasteiger partial charge >= 0.3 is 0 Å². The Balaban J connectivity index is 1.79. The summed E-state index contributed by atoms with van der Waals surface area (Å²) >= 11 is 0. The lowest BCUT2D eigenvalue weighted by Gasteiger charge is -2.43. The van der Waals surface area contributed by atoms with Gasteiger partial charge in [0.15, 0.2) is 0 Å². The summed E-state index contributed by atoms with van der Waals surface area (Å²) in [6.45, 7) is 11.1. The molecule has 1 saturated heterocycles. The van der Waals surface area contributed by atoms with Crippen molar-refractivity contribution in [3.63, 3.8) is 0 Å². The zero-order valence-corrected chi connectivity index (χ0v) is 32.4. The number of hydrogen-bond donors (Lipinski definition) is 4. The first-order chi connectivity index (χ1) is 24.0. The summed E-state index contributed by atoms with van der Waals surface area (Å²) in [6, 6.07) is 7.14. The maximum absolute atomic E-state index is 14.2. The summed E-state index contributed by atoms with van der Waals surface area (Å²) < 4.78 is 12.0. The summed E-state index contributed by atoms with van der Waals surface area (Å²) in [5.41, 5.74) is 5.62. The molecule has 8 atom stereocenters. The van der Waals surface area contributed by atoms with Gasteiger partial charge in [0, 0.05) is 27.8 Å². The SMILES string of the molecule is COC(CC(=O)N1CCCC1C(OC)C(C)C(=O)NC(C)C(O)c1ccccc1)C(C1CCCCC1)N(C)C(=O)C(NC(=O)C(C)(C)N)C(C)C. The van der Waals surface area contributed by atoms with E-state index in [-0.39, 0.29) is 42.0 Å². The summed E-state index contributed by atoms with van der Waals surface area (Å²) in [5.74, 6) is -1.70. The first-order valence-corrected chi connectivity index (χ1v) is 18.8. The second kappa shape index (κ2) is 19.1. The fourth-order valence-corrected chi connectivity index (χ4v) is 7.85. The molecular formula is C39H65N5O7. The molecule has 1 aromatic rings. The normalized spacial score (nSPS) is 21.3. The molecule has 2 fully saturated rings. The number of nitrogens with one attached hydrogen (secondary N) is 2. The van der Waals surface area contributed by atoms with Crippen molar-refractivity contribution in [1.82, 2.24) is 20.4 Å². The van der Waals surface area contributed by atoms with Gasteiger partial charge in [0.2, 0.25) is 23.6 Å². The molecule has 0 radical (unpaired) electrons. The van der Waals surface area contributed by atoms with E-state index in [9.17, 15) is 24.3 Å². The van der Waals surface area contributed by atoms with Crippen LogP contribution < -0.4 is 16.4 Å². The topological polar surface area (TPSA) is 164 Å². The smallest absolute Gasteiger partial charge is 0.245 e. The van der Waals surface area contributed by atoms with Crippen molar-refractivity contribution in [2.75, 3.05) is 27.8 Å². The molecular weight excluding hydrogens is 650 g/mol. The Morgan fingerprint density at radius 1 is 0.961 bits per heavy atom. The van der Waals surface area contributed by atoms with Crippen LogP contribution in [0.3, 0.4) is 0 Å². The third kappa shape index (κ3) is 11.0. The van der Waals surface area contributed by atoms with E-state index in [0.717, 1.165) is 38.5 Å². The van der Waals surface area contributed by atoms with Crippen molar-refractivity contribution in [3.8, 4) is 0 Å². The molecule has 1 saturated carbocycles. The van der Waals surface area contributed by atoms with Crippen molar-refractivity contribution in [3.05, 3.63) is 35.9 Å². The van der Waals surface area contributed by atoms with Gasteiger partial charge in [0.1, 0.15) is 6.04 Å². The summed E-state index contributed by atoms with van der Waals surface area (Å²) in [5, 5.41) is 16.7. The fourth-order valence-electron chi connectivity index (χ4n) is 7.85. The van der Waals surface area contributed by atoms with Crippen molar-refractivity contribution >= 4 is 23.6 Å². The molecule has 3 rings (SSSR count). The Hall–Kier alpha value is -3.06. The van der Waals surface area contributed by atoms with Crippen LogP contribution in [0.4, 0.5) is 0 Å². The van der Waals surface area contributed by atoms with Crippen LogP contribution in [0.5, 0.6) is 0 Å². The van der Waals surface area contributed by atoms with Gasteiger partial charge in [-0.25, -0.2) is 0 Å². The van der Waals surface area contributed by atoms with Crippen LogP contribution in [0.25, 0.3) is 0 Å². The van der Waals surface area contributed by atoms with Crippen LogP contribution in [0.1, 0.15) is 105 Å². The Morgan fingerprint density at radius 2 is 1.59 bits per heavy atom. The number of amides is 4. The third-order valence-electron chi connectivity index (χ3n) is 11.0. The van der Waals surface area contributed by atoms with Gasteiger partial charge in [0.05, 0.1) is 54.3 Å². The van der Waals surface area contributed by atoms with E-state index in [1.54, 1.807) is 53.9 Å². The molecule has 1 heterocycles. The highest BCUT2D eigenvalue weighted by Gasteiger charge is 2.44. The molecule has 0 bridgehead atoms. The van der Waals surface area contributed by atoms with E-state index >= 15 is 0 Å². The van der Waals surface area contributed by atoms with Gasteiger partial charge in [-0.2, -0.15) is 0 Å². The van der Waals surface area contributed by atoms with Crippen LogP contribution in [-0.2, 0) is 28.7 Å². The quantitative estimate of drug-likeness (QED) is 0.190. The van der Waals surface area contributed by atoms with Crippen molar-refractivity contribution < 1.29 is 33.8 Å². The van der Waals surface area contributed by atoms with Gasteiger partial charge in [0.25, 0.3) is 0 Å².